The zero-order valence-corrected chi connectivity index (χ0v) is 14.0. The third-order valence-electron chi connectivity index (χ3n) is 2.11. The first-order valence-electron chi connectivity index (χ1n) is 5.65. The van der Waals surface area contributed by atoms with E-state index >= 15 is 0 Å². The predicted octanol–water partition coefficient (Wildman–Crippen LogP) is 3.43. The van der Waals surface area contributed by atoms with Crippen LogP contribution in [0.5, 0.6) is 0 Å². The lowest BCUT2D eigenvalue weighted by Gasteiger charge is -2.30. The van der Waals surface area contributed by atoms with Crippen molar-refractivity contribution in [3.05, 3.63) is 0 Å². The van der Waals surface area contributed by atoms with Crippen LogP contribution in [0.15, 0.2) is 0 Å². The summed E-state index contributed by atoms with van der Waals surface area (Å²) in [6.07, 6.45) is 0. The molecule has 15 heavy (non-hydrogen) atoms. The maximum atomic E-state index is 5.81. The monoisotopic (exact) mass is 251 g/mol. The van der Waals surface area contributed by atoms with Crippen molar-refractivity contribution in [2.45, 2.75) is 65.5 Å². The lowest BCUT2D eigenvalue weighted by molar-refractivity contribution is -0.195. The fraction of sp³-hybridized carbons (Fsp3) is 1.00. The highest BCUT2D eigenvalue weighted by molar-refractivity contribution is 6.92. The summed E-state index contributed by atoms with van der Waals surface area (Å²) in [5.74, 6) is 0. The Hall–Kier alpha value is 0.567. The van der Waals surface area contributed by atoms with Crippen LogP contribution in [-0.4, -0.2) is 31.8 Å². The molecule has 94 valence electrons. The Morgan fingerprint density at radius 2 is 1.40 bits per heavy atom. The van der Waals surface area contributed by atoms with Gasteiger partial charge in [-0.1, -0.05) is 19.6 Å². The molecule has 0 N–H and O–H groups in total. The van der Waals surface area contributed by atoms with Gasteiger partial charge < -0.3 is 0 Å². The van der Waals surface area contributed by atoms with E-state index in [-0.39, 0.29) is 9.90 Å². The van der Waals surface area contributed by atoms with Gasteiger partial charge in [0.1, 0.15) is 0 Å². The molecule has 0 aromatic heterocycles. The molecule has 0 amide bonds. The second-order valence-corrected chi connectivity index (χ2v) is 11.3. The van der Waals surface area contributed by atoms with Crippen LogP contribution in [0, 0.1) is 0 Å². The maximum Gasteiger partial charge on any atom is 0.0661 e. The SMILES string of the molecule is CC(C)N(OCC[Si](C)(C)C)C(C)C.P. The molecule has 0 bridgehead atoms. The number of nitrogens with zero attached hydrogens (tertiary/aromatic N) is 1. The molecule has 0 fully saturated rings. The first kappa shape index (κ1) is 17.9. The van der Waals surface area contributed by atoms with Crippen molar-refractivity contribution in [1.82, 2.24) is 5.06 Å². The van der Waals surface area contributed by atoms with Crippen molar-refractivity contribution < 1.29 is 4.84 Å². The van der Waals surface area contributed by atoms with Gasteiger partial charge in [-0.05, 0) is 33.7 Å². The van der Waals surface area contributed by atoms with E-state index in [0.717, 1.165) is 6.61 Å². The summed E-state index contributed by atoms with van der Waals surface area (Å²) in [6.45, 7) is 16.7. The van der Waals surface area contributed by atoms with Crippen LogP contribution >= 0.6 is 9.90 Å². The molecule has 0 aliphatic heterocycles. The van der Waals surface area contributed by atoms with Crippen LogP contribution < -0.4 is 0 Å². The number of rotatable bonds is 6. The molecular formula is C11H30NOPSi. The van der Waals surface area contributed by atoms with Crippen molar-refractivity contribution in [1.29, 1.82) is 0 Å². The Balaban J connectivity index is 0. The first-order valence-corrected chi connectivity index (χ1v) is 9.36. The summed E-state index contributed by atoms with van der Waals surface area (Å²) in [5, 5.41) is 2.10. The highest BCUT2D eigenvalue weighted by atomic mass is 31.0. The summed E-state index contributed by atoms with van der Waals surface area (Å²) in [6, 6.07) is 2.18. The number of hydrogen-bond acceptors (Lipinski definition) is 2. The zero-order valence-electron chi connectivity index (χ0n) is 11.6. The Morgan fingerprint density at radius 1 is 1.00 bits per heavy atom. The first-order chi connectivity index (χ1) is 6.24. The highest BCUT2D eigenvalue weighted by Crippen LogP contribution is 2.11. The Labute approximate surface area is 100 Å². The van der Waals surface area contributed by atoms with E-state index in [4.69, 9.17) is 4.84 Å². The second-order valence-electron chi connectivity index (χ2n) is 5.69. The fourth-order valence-corrected chi connectivity index (χ4v) is 2.06. The summed E-state index contributed by atoms with van der Waals surface area (Å²) in [7, 11) is -0.945. The molecule has 4 heteroatoms. The molecular weight excluding hydrogens is 221 g/mol. The van der Waals surface area contributed by atoms with Crippen LogP contribution in [0.4, 0.5) is 0 Å². The Kier molecular flexibility index (Phi) is 9.31. The quantitative estimate of drug-likeness (QED) is 0.407. The minimum absolute atomic E-state index is 0. The van der Waals surface area contributed by atoms with E-state index in [9.17, 15) is 0 Å². The van der Waals surface area contributed by atoms with Gasteiger partial charge in [0.2, 0.25) is 0 Å². The van der Waals surface area contributed by atoms with Gasteiger partial charge in [0, 0.05) is 20.2 Å². The molecule has 0 radical (unpaired) electrons. The molecule has 0 spiro atoms. The van der Waals surface area contributed by atoms with Gasteiger partial charge in [0.15, 0.2) is 0 Å². The lowest BCUT2D eigenvalue weighted by Crippen LogP contribution is -2.38. The largest absolute Gasteiger partial charge is 0.299 e. The average Bonchev–Trinajstić information content (AvgIpc) is 1.94. The minimum Gasteiger partial charge on any atom is -0.299 e. The van der Waals surface area contributed by atoms with Gasteiger partial charge in [0.25, 0.3) is 0 Å². The smallest absolute Gasteiger partial charge is 0.0661 e. The van der Waals surface area contributed by atoms with Crippen LogP contribution in [0.25, 0.3) is 0 Å². The van der Waals surface area contributed by atoms with Crippen molar-refractivity contribution in [3.8, 4) is 0 Å². The molecule has 0 aliphatic carbocycles. The van der Waals surface area contributed by atoms with E-state index in [2.05, 4.69) is 52.4 Å². The van der Waals surface area contributed by atoms with Crippen molar-refractivity contribution in [2.75, 3.05) is 6.61 Å². The highest BCUT2D eigenvalue weighted by Gasteiger charge is 2.17. The lowest BCUT2D eigenvalue weighted by atomic mass is 10.3. The van der Waals surface area contributed by atoms with Gasteiger partial charge >= 0.3 is 0 Å². The molecule has 0 rings (SSSR count). The van der Waals surface area contributed by atoms with E-state index in [1.165, 1.54) is 6.04 Å². The third-order valence-corrected chi connectivity index (χ3v) is 3.81. The van der Waals surface area contributed by atoms with Crippen molar-refractivity contribution >= 4 is 18.0 Å². The molecule has 0 aliphatic rings. The maximum absolute atomic E-state index is 5.81. The molecule has 0 saturated carbocycles. The Morgan fingerprint density at radius 3 is 1.67 bits per heavy atom. The summed E-state index contributed by atoms with van der Waals surface area (Å²) in [5.41, 5.74) is 0. The predicted molar refractivity (Wildman–Crippen MR) is 77.3 cm³/mol. The van der Waals surface area contributed by atoms with Crippen LogP contribution in [0.3, 0.4) is 0 Å². The van der Waals surface area contributed by atoms with E-state index in [0.29, 0.717) is 12.1 Å². The molecule has 2 nitrogen and oxygen atoms in total. The molecule has 1 unspecified atom stereocenters. The Bertz CT molecular complexity index is 149. The fourth-order valence-electron chi connectivity index (χ4n) is 1.35. The molecule has 1 atom stereocenters. The average molecular weight is 251 g/mol. The standard InChI is InChI=1S/C11H27NOSi.H3P/c1-10(2)12(11(3)4)13-8-9-14(5,6)7;/h10-11H,8-9H2,1-7H3;1H3. The summed E-state index contributed by atoms with van der Waals surface area (Å²) in [4.78, 5) is 5.81. The van der Waals surface area contributed by atoms with Gasteiger partial charge in [-0.15, -0.1) is 0 Å². The zero-order chi connectivity index (χ0) is 11.4. The third kappa shape index (κ3) is 9.49. The summed E-state index contributed by atoms with van der Waals surface area (Å²) < 4.78 is 0. The molecule has 0 aromatic carbocycles. The van der Waals surface area contributed by atoms with Gasteiger partial charge in [-0.25, -0.2) is 0 Å². The van der Waals surface area contributed by atoms with Crippen LogP contribution in [0.1, 0.15) is 27.7 Å². The van der Waals surface area contributed by atoms with Crippen LogP contribution in [0.2, 0.25) is 25.7 Å². The number of hydroxylamine groups is 2. The van der Waals surface area contributed by atoms with E-state index < -0.39 is 8.07 Å². The van der Waals surface area contributed by atoms with Crippen LogP contribution in [-0.2, 0) is 4.84 Å². The van der Waals surface area contributed by atoms with Gasteiger partial charge in [-0.3, -0.25) is 4.84 Å². The van der Waals surface area contributed by atoms with E-state index in [1.54, 1.807) is 0 Å². The minimum atomic E-state index is -0.945. The molecule has 0 saturated heterocycles. The van der Waals surface area contributed by atoms with Gasteiger partial charge in [-0.2, -0.15) is 15.0 Å². The van der Waals surface area contributed by atoms with Gasteiger partial charge in [0.05, 0.1) is 6.61 Å². The van der Waals surface area contributed by atoms with Crippen molar-refractivity contribution in [2.24, 2.45) is 0 Å². The van der Waals surface area contributed by atoms with Crippen molar-refractivity contribution in [3.63, 3.8) is 0 Å². The molecule has 0 heterocycles. The van der Waals surface area contributed by atoms with E-state index in [1.807, 2.05) is 0 Å². The second kappa shape index (κ2) is 7.78. The normalized spacial score (nSPS) is 12.4. The number of hydrogen-bond donors (Lipinski definition) is 0. The molecule has 0 aromatic rings. The topological polar surface area (TPSA) is 12.5 Å². The summed E-state index contributed by atoms with van der Waals surface area (Å²) >= 11 is 0.